The Morgan fingerprint density at radius 1 is 1.32 bits per heavy atom. The van der Waals surface area contributed by atoms with Gasteiger partial charge in [-0.3, -0.25) is 0 Å². The van der Waals surface area contributed by atoms with Crippen LogP contribution in [0, 0.1) is 0 Å². The SMILES string of the molecule is COc1ccc(/C=C2\OC(=O)O[C@@H]2[C@H](O)c2cccs2)cc1. The van der Waals surface area contributed by atoms with Crippen LogP contribution < -0.4 is 4.74 Å². The zero-order valence-electron chi connectivity index (χ0n) is 11.8. The molecule has 0 unspecified atom stereocenters. The Bertz CT molecular complexity index is 675. The maximum absolute atomic E-state index is 11.4. The summed E-state index contributed by atoms with van der Waals surface area (Å²) in [4.78, 5) is 12.1. The second kappa shape index (κ2) is 6.21. The first kappa shape index (κ1) is 14.6. The Hall–Kier alpha value is -2.31. The van der Waals surface area contributed by atoms with Gasteiger partial charge in [-0.25, -0.2) is 4.79 Å². The number of methoxy groups -OCH3 is 1. The van der Waals surface area contributed by atoms with Crippen molar-refractivity contribution in [3.8, 4) is 5.75 Å². The Kier molecular flexibility index (Phi) is 4.13. The molecule has 1 aliphatic rings. The summed E-state index contributed by atoms with van der Waals surface area (Å²) < 4.78 is 15.2. The first-order valence-electron chi connectivity index (χ1n) is 6.63. The molecule has 1 saturated heterocycles. The van der Waals surface area contributed by atoms with Gasteiger partial charge in [-0.15, -0.1) is 11.3 Å². The summed E-state index contributed by atoms with van der Waals surface area (Å²) in [5.74, 6) is 1.02. The largest absolute Gasteiger partial charge is 0.514 e. The van der Waals surface area contributed by atoms with Gasteiger partial charge in [-0.1, -0.05) is 18.2 Å². The highest BCUT2D eigenvalue weighted by Gasteiger charge is 2.38. The van der Waals surface area contributed by atoms with Gasteiger partial charge in [-0.2, -0.15) is 0 Å². The Balaban J connectivity index is 1.86. The van der Waals surface area contributed by atoms with E-state index in [0.717, 1.165) is 11.3 Å². The van der Waals surface area contributed by atoms with E-state index in [1.54, 1.807) is 31.4 Å². The smallest absolute Gasteiger partial charge is 0.497 e. The van der Waals surface area contributed by atoms with E-state index < -0.39 is 18.4 Å². The standard InChI is InChI=1S/C16H14O5S/c1-19-11-6-4-10(5-7-11)9-12-15(21-16(18)20-12)14(17)13-3-2-8-22-13/h2-9,14-15,17H,1H3/b12-9-/t14-,15+/m1/s1. The van der Waals surface area contributed by atoms with Crippen LogP contribution in [-0.4, -0.2) is 24.5 Å². The van der Waals surface area contributed by atoms with E-state index in [2.05, 4.69) is 0 Å². The number of carbonyl (C=O) groups is 1. The van der Waals surface area contributed by atoms with Gasteiger partial charge in [0.05, 0.1) is 7.11 Å². The Morgan fingerprint density at radius 2 is 2.09 bits per heavy atom. The van der Waals surface area contributed by atoms with E-state index in [4.69, 9.17) is 14.2 Å². The molecule has 114 valence electrons. The minimum atomic E-state index is -0.948. The average molecular weight is 318 g/mol. The van der Waals surface area contributed by atoms with Crippen molar-refractivity contribution < 1.29 is 24.1 Å². The fraction of sp³-hybridized carbons (Fsp3) is 0.188. The molecule has 1 fully saturated rings. The quantitative estimate of drug-likeness (QED) is 0.876. The van der Waals surface area contributed by atoms with Crippen LogP contribution in [0.1, 0.15) is 16.5 Å². The van der Waals surface area contributed by atoms with Crippen molar-refractivity contribution in [2.45, 2.75) is 12.2 Å². The lowest BCUT2D eigenvalue weighted by atomic mass is 10.1. The van der Waals surface area contributed by atoms with Crippen molar-refractivity contribution in [3.63, 3.8) is 0 Å². The maximum atomic E-state index is 11.4. The second-order valence-electron chi connectivity index (χ2n) is 4.67. The summed E-state index contributed by atoms with van der Waals surface area (Å²) >= 11 is 1.39. The third kappa shape index (κ3) is 2.98. The molecule has 0 radical (unpaired) electrons. The summed E-state index contributed by atoms with van der Waals surface area (Å²) in [6.45, 7) is 0. The van der Waals surface area contributed by atoms with E-state index in [0.29, 0.717) is 4.88 Å². The van der Waals surface area contributed by atoms with E-state index in [1.807, 2.05) is 23.6 Å². The van der Waals surface area contributed by atoms with Crippen molar-refractivity contribution in [1.82, 2.24) is 0 Å². The normalized spacial score (nSPS) is 20.5. The van der Waals surface area contributed by atoms with Crippen LogP contribution in [0.15, 0.2) is 47.5 Å². The van der Waals surface area contributed by atoms with Crippen LogP contribution in [0.2, 0.25) is 0 Å². The topological polar surface area (TPSA) is 65.0 Å². The monoisotopic (exact) mass is 318 g/mol. The number of hydrogen-bond donors (Lipinski definition) is 1. The molecule has 5 nitrogen and oxygen atoms in total. The Morgan fingerprint density at radius 3 is 2.73 bits per heavy atom. The predicted octanol–water partition coefficient (Wildman–Crippen LogP) is 3.37. The number of ether oxygens (including phenoxy) is 3. The zero-order valence-corrected chi connectivity index (χ0v) is 12.6. The molecule has 6 heteroatoms. The number of thiophene rings is 1. The van der Waals surface area contributed by atoms with Gasteiger partial charge in [0, 0.05) is 4.88 Å². The number of aliphatic hydroxyl groups excluding tert-OH is 1. The van der Waals surface area contributed by atoms with Crippen molar-refractivity contribution in [1.29, 1.82) is 0 Å². The number of hydrogen-bond acceptors (Lipinski definition) is 6. The highest BCUT2D eigenvalue weighted by molar-refractivity contribution is 7.10. The number of cyclic esters (lactones) is 2. The van der Waals surface area contributed by atoms with Gasteiger partial charge >= 0.3 is 6.16 Å². The van der Waals surface area contributed by atoms with Gasteiger partial charge in [0.25, 0.3) is 0 Å². The number of benzene rings is 1. The molecule has 0 amide bonds. The molecule has 1 N–H and O–H groups in total. The molecular weight excluding hydrogens is 304 g/mol. The molecule has 1 aromatic carbocycles. The second-order valence-corrected chi connectivity index (χ2v) is 5.65. The van der Waals surface area contributed by atoms with Crippen LogP contribution in [0.5, 0.6) is 5.75 Å². The molecule has 2 heterocycles. The summed E-state index contributed by atoms with van der Waals surface area (Å²) in [5.41, 5.74) is 0.817. The lowest BCUT2D eigenvalue weighted by Gasteiger charge is -2.14. The Labute approximate surface area is 131 Å². The first-order chi connectivity index (χ1) is 10.7. The van der Waals surface area contributed by atoms with Gasteiger partial charge in [0.15, 0.2) is 11.9 Å². The summed E-state index contributed by atoms with van der Waals surface area (Å²) in [6.07, 6.45) is -0.921. The lowest BCUT2D eigenvalue weighted by Crippen LogP contribution is -2.18. The van der Waals surface area contributed by atoms with Crippen molar-refractivity contribution >= 4 is 23.6 Å². The first-order valence-corrected chi connectivity index (χ1v) is 7.51. The summed E-state index contributed by atoms with van der Waals surface area (Å²) in [5, 5.41) is 12.2. The fourth-order valence-electron chi connectivity index (χ4n) is 2.14. The minimum Gasteiger partial charge on any atom is -0.497 e. The van der Waals surface area contributed by atoms with Crippen LogP contribution in [0.25, 0.3) is 6.08 Å². The molecule has 1 aliphatic heterocycles. The molecule has 3 rings (SSSR count). The van der Waals surface area contributed by atoms with Crippen LogP contribution in [0.4, 0.5) is 4.79 Å². The zero-order chi connectivity index (χ0) is 15.5. The maximum Gasteiger partial charge on any atom is 0.514 e. The molecule has 0 aliphatic carbocycles. The number of aliphatic hydroxyl groups is 1. The van der Waals surface area contributed by atoms with Crippen LogP contribution >= 0.6 is 11.3 Å². The highest BCUT2D eigenvalue weighted by atomic mass is 32.1. The molecular formula is C16H14O5S. The van der Waals surface area contributed by atoms with Crippen molar-refractivity contribution in [3.05, 3.63) is 58.0 Å². The third-order valence-electron chi connectivity index (χ3n) is 3.25. The average Bonchev–Trinajstić information content (AvgIpc) is 3.17. The van der Waals surface area contributed by atoms with E-state index in [1.165, 1.54) is 11.3 Å². The van der Waals surface area contributed by atoms with Gasteiger partial charge in [0.1, 0.15) is 11.9 Å². The third-order valence-corrected chi connectivity index (χ3v) is 4.19. The molecule has 22 heavy (non-hydrogen) atoms. The van der Waals surface area contributed by atoms with Crippen LogP contribution in [-0.2, 0) is 9.47 Å². The molecule has 0 saturated carbocycles. The van der Waals surface area contributed by atoms with E-state index in [-0.39, 0.29) is 5.76 Å². The predicted molar refractivity (Wildman–Crippen MR) is 81.6 cm³/mol. The number of rotatable bonds is 4. The van der Waals surface area contributed by atoms with Gasteiger partial charge in [-0.05, 0) is 35.2 Å². The van der Waals surface area contributed by atoms with E-state index >= 15 is 0 Å². The minimum absolute atomic E-state index is 0.288. The molecule has 1 aromatic heterocycles. The lowest BCUT2D eigenvalue weighted by molar-refractivity contribution is 0.0423. The van der Waals surface area contributed by atoms with Gasteiger partial charge < -0.3 is 19.3 Å². The fourth-order valence-corrected chi connectivity index (χ4v) is 2.88. The van der Waals surface area contributed by atoms with E-state index in [9.17, 15) is 9.90 Å². The molecule has 0 spiro atoms. The summed E-state index contributed by atoms with van der Waals surface area (Å²) in [7, 11) is 1.59. The van der Waals surface area contributed by atoms with Gasteiger partial charge in [0.2, 0.25) is 0 Å². The van der Waals surface area contributed by atoms with Crippen molar-refractivity contribution in [2.75, 3.05) is 7.11 Å². The van der Waals surface area contributed by atoms with Crippen LogP contribution in [0.3, 0.4) is 0 Å². The number of carbonyl (C=O) groups excluding carboxylic acids is 1. The molecule has 2 aromatic rings. The highest BCUT2D eigenvalue weighted by Crippen LogP contribution is 2.33. The molecule has 0 bridgehead atoms. The summed E-state index contributed by atoms with van der Waals surface area (Å²) in [6, 6.07) is 10.9. The molecule has 2 atom stereocenters. The van der Waals surface area contributed by atoms with Crippen molar-refractivity contribution in [2.24, 2.45) is 0 Å².